The maximum absolute atomic E-state index is 12.7. The van der Waals surface area contributed by atoms with Gasteiger partial charge in [0.25, 0.3) is 0 Å². The quantitative estimate of drug-likeness (QED) is 0.476. The minimum Gasteiger partial charge on any atom is -0.489 e. The zero-order chi connectivity index (χ0) is 18.3. The Morgan fingerprint density at radius 1 is 1.20 bits per heavy atom. The number of nitrogens with one attached hydrogen (secondary N) is 1. The maximum Gasteiger partial charge on any atom is 0.437 e. The maximum atomic E-state index is 12.7. The molecule has 2 rings (SSSR count). The van der Waals surface area contributed by atoms with Gasteiger partial charge in [0.15, 0.2) is 0 Å². The molecule has 1 amide bonds. The standard InChI is InChI=1S/C17H15F3N2O3/c1-2-21-25-16(23)22-14-7-3-5-12(9-14)11-24-15-8-4-6-13(10-15)17(18,19)20/h2-10H,11H2,1H3,(H,22,23). The number of hydrogen-bond acceptors (Lipinski definition) is 4. The van der Waals surface area contributed by atoms with Crippen LogP contribution >= 0.6 is 0 Å². The molecule has 0 saturated heterocycles. The molecule has 2 aromatic rings. The number of ether oxygens (including phenoxy) is 1. The average molecular weight is 352 g/mol. The minimum atomic E-state index is -4.43. The molecule has 1 N–H and O–H groups in total. The summed E-state index contributed by atoms with van der Waals surface area (Å²) in [5.74, 6) is 0.102. The second-order valence-electron chi connectivity index (χ2n) is 4.88. The van der Waals surface area contributed by atoms with E-state index in [9.17, 15) is 18.0 Å². The van der Waals surface area contributed by atoms with Crippen LogP contribution in [0.3, 0.4) is 0 Å². The Bertz CT molecular complexity index is 761. The lowest BCUT2D eigenvalue weighted by atomic mass is 10.2. The van der Waals surface area contributed by atoms with Crippen molar-refractivity contribution in [2.45, 2.75) is 19.7 Å². The van der Waals surface area contributed by atoms with Crippen molar-refractivity contribution in [1.29, 1.82) is 0 Å². The highest BCUT2D eigenvalue weighted by atomic mass is 19.4. The molecule has 0 fully saturated rings. The van der Waals surface area contributed by atoms with Gasteiger partial charge in [-0.15, -0.1) is 0 Å². The molecule has 132 valence electrons. The highest BCUT2D eigenvalue weighted by Crippen LogP contribution is 2.31. The van der Waals surface area contributed by atoms with Gasteiger partial charge >= 0.3 is 12.3 Å². The molecule has 2 aromatic carbocycles. The number of hydrogen-bond donors (Lipinski definition) is 1. The monoisotopic (exact) mass is 352 g/mol. The summed E-state index contributed by atoms with van der Waals surface area (Å²) in [5, 5.41) is 5.81. The van der Waals surface area contributed by atoms with Crippen LogP contribution in [0.4, 0.5) is 23.7 Å². The van der Waals surface area contributed by atoms with Crippen LogP contribution in [-0.4, -0.2) is 12.3 Å². The Kier molecular flexibility index (Phi) is 5.99. The van der Waals surface area contributed by atoms with Gasteiger partial charge in [-0.1, -0.05) is 23.4 Å². The van der Waals surface area contributed by atoms with Crippen molar-refractivity contribution >= 4 is 18.0 Å². The highest BCUT2D eigenvalue weighted by molar-refractivity contribution is 5.84. The second kappa shape index (κ2) is 8.18. The van der Waals surface area contributed by atoms with Crippen molar-refractivity contribution in [3.8, 4) is 5.75 Å². The molecule has 0 spiro atoms. The summed E-state index contributed by atoms with van der Waals surface area (Å²) in [6, 6.07) is 11.3. The predicted octanol–water partition coefficient (Wildman–Crippen LogP) is 4.84. The van der Waals surface area contributed by atoms with E-state index in [0.717, 1.165) is 12.1 Å². The number of carbonyl (C=O) groups is 1. The number of alkyl halides is 3. The van der Waals surface area contributed by atoms with E-state index < -0.39 is 17.8 Å². The Hall–Kier alpha value is -3.03. The van der Waals surface area contributed by atoms with Crippen LogP contribution in [0.15, 0.2) is 53.7 Å². The van der Waals surface area contributed by atoms with Gasteiger partial charge < -0.3 is 4.74 Å². The van der Waals surface area contributed by atoms with Crippen molar-refractivity contribution < 1.29 is 27.5 Å². The number of oxime groups is 1. The molecule has 0 unspecified atom stereocenters. The molecule has 0 aromatic heterocycles. The molecular formula is C17H15F3N2O3. The number of halogens is 3. The summed E-state index contributed by atoms with van der Waals surface area (Å²) in [7, 11) is 0. The molecule has 25 heavy (non-hydrogen) atoms. The van der Waals surface area contributed by atoms with E-state index in [2.05, 4.69) is 15.3 Å². The average Bonchev–Trinajstić information content (AvgIpc) is 2.58. The van der Waals surface area contributed by atoms with Gasteiger partial charge in [0.2, 0.25) is 0 Å². The van der Waals surface area contributed by atoms with E-state index in [4.69, 9.17) is 4.74 Å². The van der Waals surface area contributed by atoms with Crippen LogP contribution in [0.1, 0.15) is 18.1 Å². The lowest BCUT2D eigenvalue weighted by Gasteiger charge is -2.11. The lowest BCUT2D eigenvalue weighted by molar-refractivity contribution is -0.137. The molecular weight excluding hydrogens is 337 g/mol. The van der Waals surface area contributed by atoms with Gasteiger partial charge in [-0.25, -0.2) is 4.79 Å². The fourth-order valence-electron chi connectivity index (χ4n) is 1.91. The first-order valence-corrected chi connectivity index (χ1v) is 7.23. The third-order valence-corrected chi connectivity index (χ3v) is 2.98. The molecule has 0 heterocycles. The lowest BCUT2D eigenvalue weighted by Crippen LogP contribution is -2.11. The van der Waals surface area contributed by atoms with Crippen LogP contribution in [0.5, 0.6) is 5.75 Å². The SMILES string of the molecule is CC=NOC(=O)Nc1cccc(COc2cccc(C(F)(F)F)c2)c1. The van der Waals surface area contributed by atoms with E-state index in [1.54, 1.807) is 31.2 Å². The number of amides is 1. The van der Waals surface area contributed by atoms with Crippen LogP contribution in [-0.2, 0) is 17.6 Å². The Morgan fingerprint density at radius 2 is 1.96 bits per heavy atom. The molecule has 0 radical (unpaired) electrons. The number of benzene rings is 2. The van der Waals surface area contributed by atoms with Crippen LogP contribution in [0, 0.1) is 0 Å². The minimum absolute atomic E-state index is 0.0407. The fourth-order valence-corrected chi connectivity index (χ4v) is 1.91. The number of carbonyl (C=O) groups excluding carboxylic acids is 1. The first-order valence-electron chi connectivity index (χ1n) is 7.23. The normalized spacial score (nSPS) is 11.4. The Balaban J connectivity index is 1.99. The van der Waals surface area contributed by atoms with Crippen molar-refractivity contribution in [2.24, 2.45) is 5.16 Å². The number of nitrogens with zero attached hydrogens (tertiary/aromatic N) is 1. The molecule has 0 aliphatic rings. The van der Waals surface area contributed by atoms with Crippen LogP contribution in [0.2, 0.25) is 0 Å². The summed E-state index contributed by atoms with van der Waals surface area (Å²) in [6.07, 6.45) is -3.86. The number of rotatable bonds is 5. The van der Waals surface area contributed by atoms with Crippen molar-refractivity contribution in [1.82, 2.24) is 0 Å². The van der Waals surface area contributed by atoms with Crippen LogP contribution in [0.25, 0.3) is 0 Å². The van der Waals surface area contributed by atoms with Crippen molar-refractivity contribution in [2.75, 3.05) is 5.32 Å². The van der Waals surface area contributed by atoms with Crippen LogP contribution < -0.4 is 10.1 Å². The molecule has 0 saturated carbocycles. The zero-order valence-electron chi connectivity index (χ0n) is 13.2. The van der Waals surface area contributed by atoms with Gasteiger partial charge in [0.05, 0.1) is 5.56 Å². The molecule has 0 aliphatic heterocycles. The van der Waals surface area contributed by atoms with Gasteiger partial charge in [0.1, 0.15) is 12.4 Å². The zero-order valence-corrected chi connectivity index (χ0v) is 13.2. The topological polar surface area (TPSA) is 59.9 Å². The van der Waals surface area contributed by atoms with E-state index >= 15 is 0 Å². The van der Waals surface area contributed by atoms with E-state index in [1.165, 1.54) is 18.3 Å². The Morgan fingerprint density at radius 3 is 2.68 bits per heavy atom. The predicted molar refractivity (Wildman–Crippen MR) is 86.5 cm³/mol. The fraction of sp³-hybridized carbons (Fsp3) is 0.176. The largest absolute Gasteiger partial charge is 0.489 e. The van der Waals surface area contributed by atoms with Gasteiger partial charge in [-0.2, -0.15) is 13.2 Å². The third-order valence-electron chi connectivity index (χ3n) is 2.98. The third kappa shape index (κ3) is 5.83. The summed E-state index contributed by atoms with van der Waals surface area (Å²) in [6.45, 7) is 1.64. The highest BCUT2D eigenvalue weighted by Gasteiger charge is 2.30. The summed E-state index contributed by atoms with van der Waals surface area (Å²) in [4.78, 5) is 15.9. The molecule has 8 heteroatoms. The van der Waals surface area contributed by atoms with Gasteiger partial charge in [-0.05, 0) is 42.8 Å². The molecule has 0 atom stereocenters. The van der Waals surface area contributed by atoms with E-state index in [-0.39, 0.29) is 12.4 Å². The summed E-state index contributed by atoms with van der Waals surface area (Å²) < 4.78 is 43.4. The van der Waals surface area contributed by atoms with Crippen molar-refractivity contribution in [3.05, 3.63) is 59.7 Å². The second-order valence-corrected chi connectivity index (χ2v) is 4.88. The van der Waals surface area contributed by atoms with Gasteiger partial charge in [-0.3, -0.25) is 10.2 Å². The van der Waals surface area contributed by atoms with Gasteiger partial charge in [0, 0.05) is 11.9 Å². The molecule has 0 aliphatic carbocycles. The first-order chi connectivity index (χ1) is 11.9. The van der Waals surface area contributed by atoms with Crippen molar-refractivity contribution in [3.63, 3.8) is 0 Å². The summed E-state index contributed by atoms with van der Waals surface area (Å²) >= 11 is 0. The first kappa shape index (κ1) is 18.3. The van der Waals surface area contributed by atoms with E-state index in [0.29, 0.717) is 11.3 Å². The summed E-state index contributed by atoms with van der Waals surface area (Å²) in [5.41, 5.74) is 0.329. The number of anilines is 1. The smallest absolute Gasteiger partial charge is 0.437 e. The molecule has 0 bridgehead atoms. The van der Waals surface area contributed by atoms with E-state index in [1.807, 2.05) is 0 Å². The molecule has 5 nitrogen and oxygen atoms in total. The Labute approximate surface area is 142 Å².